The van der Waals surface area contributed by atoms with Gasteiger partial charge in [-0.05, 0) is 28.7 Å². The van der Waals surface area contributed by atoms with Crippen molar-refractivity contribution in [3.05, 3.63) is 32.8 Å². The standard InChI is InChI=1S/C11H13BrCl2/c1-11(2,3)9-4-7(12)5-10(14)8(9)6-13/h4-5H,6H2,1-3H3. The Balaban J connectivity index is 3.40. The minimum Gasteiger partial charge on any atom is -0.121 e. The van der Waals surface area contributed by atoms with Gasteiger partial charge in [-0.25, -0.2) is 0 Å². The molecule has 0 aliphatic carbocycles. The molecule has 0 unspecified atom stereocenters. The second kappa shape index (κ2) is 4.42. The molecule has 0 saturated carbocycles. The molecule has 0 heterocycles. The molecule has 0 atom stereocenters. The van der Waals surface area contributed by atoms with E-state index in [2.05, 4.69) is 42.8 Å². The molecule has 0 nitrogen and oxygen atoms in total. The van der Waals surface area contributed by atoms with E-state index < -0.39 is 0 Å². The van der Waals surface area contributed by atoms with Gasteiger partial charge in [-0.15, -0.1) is 11.6 Å². The molecule has 3 heteroatoms. The van der Waals surface area contributed by atoms with E-state index >= 15 is 0 Å². The summed E-state index contributed by atoms with van der Waals surface area (Å²) in [6.07, 6.45) is 0. The van der Waals surface area contributed by atoms with Crippen LogP contribution >= 0.6 is 39.1 Å². The summed E-state index contributed by atoms with van der Waals surface area (Å²) in [7, 11) is 0. The molecular formula is C11H13BrCl2. The van der Waals surface area contributed by atoms with Gasteiger partial charge in [0.2, 0.25) is 0 Å². The first-order valence-electron chi connectivity index (χ1n) is 4.40. The van der Waals surface area contributed by atoms with Gasteiger partial charge in [-0.2, -0.15) is 0 Å². The fourth-order valence-corrected chi connectivity index (χ4v) is 2.64. The number of hydrogen-bond donors (Lipinski definition) is 0. The molecule has 0 amide bonds. The Morgan fingerprint density at radius 2 is 1.86 bits per heavy atom. The van der Waals surface area contributed by atoms with Crippen molar-refractivity contribution < 1.29 is 0 Å². The summed E-state index contributed by atoms with van der Waals surface area (Å²) < 4.78 is 1.00. The molecule has 0 N–H and O–H groups in total. The molecule has 0 radical (unpaired) electrons. The molecule has 0 fully saturated rings. The zero-order valence-electron chi connectivity index (χ0n) is 8.50. The number of benzene rings is 1. The minimum atomic E-state index is 0.0671. The predicted octanol–water partition coefficient (Wildman–Crippen LogP) is 5.14. The normalized spacial score (nSPS) is 11.9. The summed E-state index contributed by atoms with van der Waals surface area (Å²) >= 11 is 15.5. The van der Waals surface area contributed by atoms with Crippen molar-refractivity contribution in [2.24, 2.45) is 0 Å². The lowest BCUT2D eigenvalue weighted by molar-refractivity contribution is 0.585. The Hall–Kier alpha value is 0.280. The number of alkyl halides is 1. The maximum atomic E-state index is 6.13. The van der Waals surface area contributed by atoms with Crippen LogP contribution in [0.25, 0.3) is 0 Å². The van der Waals surface area contributed by atoms with Crippen molar-refractivity contribution in [2.45, 2.75) is 32.1 Å². The van der Waals surface area contributed by atoms with E-state index in [1.165, 1.54) is 5.56 Å². The lowest BCUT2D eigenvalue weighted by Gasteiger charge is -2.23. The Bertz CT molecular complexity index is 340. The monoisotopic (exact) mass is 294 g/mol. The average molecular weight is 296 g/mol. The summed E-state index contributed by atoms with van der Waals surface area (Å²) in [5.41, 5.74) is 2.30. The molecule has 0 aliphatic rings. The van der Waals surface area contributed by atoms with Crippen molar-refractivity contribution in [2.75, 3.05) is 0 Å². The van der Waals surface area contributed by atoms with E-state index in [1.54, 1.807) is 0 Å². The van der Waals surface area contributed by atoms with Gasteiger partial charge in [-0.1, -0.05) is 48.3 Å². The summed E-state index contributed by atoms with van der Waals surface area (Å²) in [5.74, 6) is 0.457. The van der Waals surface area contributed by atoms with Gasteiger partial charge in [-0.3, -0.25) is 0 Å². The molecule has 0 saturated heterocycles. The van der Waals surface area contributed by atoms with Crippen LogP contribution in [0.2, 0.25) is 5.02 Å². The summed E-state index contributed by atoms with van der Waals surface area (Å²) in [5, 5.41) is 0.735. The third kappa shape index (κ3) is 2.65. The Morgan fingerprint density at radius 3 is 2.29 bits per heavy atom. The summed E-state index contributed by atoms with van der Waals surface area (Å²) in [6.45, 7) is 6.46. The van der Waals surface area contributed by atoms with Crippen LogP contribution in [-0.4, -0.2) is 0 Å². The molecule has 0 bridgehead atoms. The fourth-order valence-electron chi connectivity index (χ4n) is 1.41. The minimum absolute atomic E-state index is 0.0671. The van der Waals surface area contributed by atoms with Gasteiger partial charge < -0.3 is 0 Å². The smallest absolute Gasteiger partial charge is 0.0491 e. The molecule has 78 valence electrons. The Kier molecular flexibility index (Phi) is 3.90. The van der Waals surface area contributed by atoms with Gasteiger partial charge in [0.15, 0.2) is 0 Å². The largest absolute Gasteiger partial charge is 0.121 e. The molecule has 0 spiro atoms. The predicted molar refractivity (Wildman–Crippen MR) is 67.4 cm³/mol. The van der Waals surface area contributed by atoms with Crippen LogP contribution in [0.4, 0.5) is 0 Å². The van der Waals surface area contributed by atoms with Crippen LogP contribution in [0.15, 0.2) is 16.6 Å². The highest BCUT2D eigenvalue weighted by Gasteiger charge is 2.19. The summed E-state index contributed by atoms with van der Waals surface area (Å²) in [4.78, 5) is 0. The number of hydrogen-bond acceptors (Lipinski definition) is 0. The molecule has 1 rings (SSSR count). The van der Waals surface area contributed by atoms with E-state index in [1.807, 2.05) is 6.07 Å². The van der Waals surface area contributed by atoms with Gasteiger partial charge in [0.05, 0.1) is 0 Å². The van der Waals surface area contributed by atoms with E-state index in [0.717, 1.165) is 15.1 Å². The van der Waals surface area contributed by atoms with Crippen LogP contribution in [0.1, 0.15) is 31.9 Å². The van der Waals surface area contributed by atoms with Gasteiger partial charge >= 0.3 is 0 Å². The Morgan fingerprint density at radius 1 is 1.29 bits per heavy atom. The van der Waals surface area contributed by atoms with E-state index in [4.69, 9.17) is 23.2 Å². The number of rotatable bonds is 1. The van der Waals surface area contributed by atoms with Gasteiger partial charge in [0.1, 0.15) is 0 Å². The van der Waals surface area contributed by atoms with Crippen molar-refractivity contribution in [3.8, 4) is 0 Å². The van der Waals surface area contributed by atoms with Gasteiger partial charge in [0.25, 0.3) is 0 Å². The average Bonchev–Trinajstić information content (AvgIpc) is 2.01. The summed E-state index contributed by atoms with van der Waals surface area (Å²) in [6, 6.07) is 3.97. The van der Waals surface area contributed by atoms with E-state index in [9.17, 15) is 0 Å². The maximum absolute atomic E-state index is 6.13. The van der Waals surface area contributed by atoms with Gasteiger partial charge in [0, 0.05) is 15.4 Å². The Labute approximate surface area is 104 Å². The third-order valence-electron chi connectivity index (χ3n) is 2.10. The van der Waals surface area contributed by atoms with Crippen LogP contribution in [0.3, 0.4) is 0 Å². The van der Waals surface area contributed by atoms with E-state index in [-0.39, 0.29) is 5.41 Å². The van der Waals surface area contributed by atoms with Crippen LogP contribution < -0.4 is 0 Å². The highest BCUT2D eigenvalue weighted by atomic mass is 79.9. The lowest BCUT2D eigenvalue weighted by Crippen LogP contribution is -2.14. The SMILES string of the molecule is CC(C)(C)c1cc(Br)cc(Cl)c1CCl. The topological polar surface area (TPSA) is 0 Å². The van der Waals surface area contributed by atoms with Crippen LogP contribution in [0, 0.1) is 0 Å². The molecule has 0 aromatic heterocycles. The van der Waals surface area contributed by atoms with Crippen molar-refractivity contribution in [1.29, 1.82) is 0 Å². The molecule has 14 heavy (non-hydrogen) atoms. The van der Waals surface area contributed by atoms with E-state index in [0.29, 0.717) is 5.88 Å². The number of halogens is 3. The van der Waals surface area contributed by atoms with Crippen molar-refractivity contribution in [3.63, 3.8) is 0 Å². The first-order chi connectivity index (χ1) is 6.36. The molecule has 0 aliphatic heterocycles. The van der Waals surface area contributed by atoms with Crippen LogP contribution in [-0.2, 0) is 11.3 Å². The second-order valence-electron chi connectivity index (χ2n) is 4.30. The quantitative estimate of drug-likeness (QED) is 0.629. The molecule has 1 aromatic carbocycles. The first kappa shape index (κ1) is 12.4. The zero-order chi connectivity index (χ0) is 10.9. The fraction of sp³-hybridized carbons (Fsp3) is 0.455. The highest BCUT2D eigenvalue weighted by molar-refractivity contribution is 9.10. The first-order valence-corrected chi connectivity index (χ1v) is 6.11. The van der Waals surface area contributed by atoms with Crippen molar-refractivity contribution in [1.82, 2.24) is 0 Å². The highest BCUT2D eigenvalue weighted by Crippen LogP contribution is 2.34. The maximum Gasteiger partial charge on any atom is 0.0491 e. The van der Waals surface area contributed by atoms with Crippen LogP contribution in [0.5, 0.6) is 0 Å². The lowest BCUT2D eigenvalue weighted by atomic mass is 9.84. The molecule has 1 aromatic rings. The third-order valence-corrected chi connectivity index (χ3v) is 3.16. The van der Waals surface area contributed by atoms with Crippen molar-refractivity contribution >= 4 is 39.1 Å². The zero-order valence-corrected chi connectivity index (χ0v) is 11.6. The molecular weight excluding hydrogens is 283 g/mol. The second-order valence-corrected chi connectivity index (χ2v) is 5.89.